The van der Waals surface area contributed by atoms with Crippen molar-refractivity contribution in [3.05, 3.63) is 57.8 Å². The van der Waals surface area contributed by atoms with Gasteiger partial charge in [0.05, 0.1) is 24.2 Å². The van der Waals surface area contributed by atoms with E-state index < -0.39 is 24.3 Å². The molecular weight excluding hydrogens is 372 g/mol. The molecule has 0 fully saturated rings. The third-order valence-corrected chi connectivity index (χ3v) is 3.69. The molecule has 0 aromatic heterocycles. The van der Waals surface area contributed by atoms with Gasteiger partial charge in [-0.25, -0.2) is 4.39 Å². The van der Waals surface area contributed by atoms with Gasteiger partial charge in [0.2, 0.25) is 0 Å². The van der Waals surface area contributed by atoms with Crippen LogP contribution in [0, 0.1) is 5.82 Å². The number of benzene rings is 2. The lowest BCUT2D eigenvalue weighted by Crippen LogP contribution is -2.22. The summed E-state index contributed by atoms with van der Waals surface area (Å²) in [5, 5.41) is 2.92. The number of methoxy groups -OCH3 is 1. The number of carbonyl (C=O) groups excluding carboxylic acids is 2. The second-order valence-corrected chi connectivity index (χ2v) is 5.81. The van der Waals surface area contributed by atoms with Crippen molar-refractivity contribution in [1.29, 1.82) is 0 Å². The van der Waals surface area contributed by atoms with E-state index in [1.807, 2.05) is 0 Å². The maximum absolute atomic E-state index is 12.9. The van der Waals surface area contributed by atoms with Crippen LogP contribution in [-0.2, 0) is 20.7 Å². The number of carbonyl (C=O) groups is 2. The molecule has 2 rings (SSSR count). The van der Waals surface area contributed by atoms with Gasteiger partial charge in [-0.05, 0) is 36.4 Å². The van der Waals surface area contributed by atoms with Gasteiger partial charge in [0, 0.05) is 10.6 Å². The average Bonchev–Trinajstić information content (AvgIpc) is 2.56. The van der Waals surface area contributed by atoms with E-state index in [1.165, 1.54) is 13.2 Å². The molecule has 25 heavy (non-hydrogen) atoms. The van der Waals surface area contributed by atoms with Crippen molar-refractivity contribution < 1.29 is 23.5 Å². The number of nitrogens with one attached hydrogen (secondary N) is 1. The smallest absolute Gasteiger partial charge is 0.310 e. The van der Waals surface area contributed by atoms with Gasteiger partial charge in [-0.2, -0.15) is 0 Å². The molecule has 2 aromatic carbocycles. The lowest BCUT2D eigenvalue weighted by atomic mass is 10.1. The molecule has 0 aliphatic rings. The number of ether oxygens (including phenoxy) is 2. The average molecular weight is 386 g/mol. The van der Waals surface area contributed by atoms with Crippen molar-refractivity contribution in [3.63, 3.8) is 0 Å². The van der Waals surface area contributed by atoms with E-state index in [1.54, 1.807) is 18.2 Å². The van der Waals surface area contributed by atoms with Crippen LogP contribution in [-0.4, -0.2) is 25.6 Å². The fourth-order valence-corrected chi connectivity index (χ4v) is 2.42. The molecule has 1 N–H and O–H groups in total. The van der Waals surface area contributed by atoms with Gasteiger partial charge in [-0.1, -0.05) is 23.2 Å². The van der Waals surface area contributed by atoms with Gasteiger partial charge in [-0.15, -0.1) is 0 Å². The van der Waals surface area contributed by atoms with Gasteiger partial charge in [-0.3, -0.25) is 9.59 Å². The Bertz CT molecular complexity index is 798. The van der Waals surface area contributed by atoms with Crippen molar-refractivity contribution in [2.24, 2.45) is 0 Å². The topological polar surface area (TPSA) is 64.6 Å². The van der Waals surface area contributed by atoms with Crippen LogP contribution in [0.5, 0.6) is 5.75 Å². The molecule has 5 nitrogen and oxygen atoms in total. The summed E-state index contributed by atoms with van der Waals surface area (Å²) in [4.78, 5) is 23.7. The Hall–Kier alpha value is -2.31. The minimum Gasteiger partial charge on any atom is -0.496 e. The first kappa shape index (κ1) is 19.0. The number of hydrogen-bond donors (Lipinski definition) is 1. The first-order valence-electron chi connectivity index (χ1n) is 7.12. The van der Waals surface area contributed by atoms with E-state index in [0.29, 0.717) is 16.3 Å². The maximum atomic E-state index is 12.9. The Balaban J connectivity index is 1.89. The third kappa shape index (κ3) is 5.62. The predicted octanol–water partition coefficient (Wildman–Crippen LogP) is 3.87. The monoisotopic (exact) mass is 385 g/mol. The first-order chi connectivity index (χ1) is 11.9. The van der Waals surface area contributed by atoms with Gasteiger partial charge >= 0.3 is 5.97 Å². The first-order valence-corrected chi connectivity index (χ1v) is 7.87. The lowest BCUT2D eigenvalue weighted by Gasteiger charge is -2.10. The van der Waals surface area contributed by atoms with Crippen molar-refractivity contribution in [2.75, 3.05) is 19.0 Å². The number of halogens is 3. The summed E-state index contributed by atoms with van der Waals surface area (Å²) in [6.07, 6.45) is -0.103. The Labute approximate surface area is 153 Å². The Kier molecular flexibility index (Phi) is 6.61. The number of hydrogen-bond acceptors (Lipinski definition) is 4. The molecule has 0 spiro atoms. The van der Waals surface area contributed by atoms with E-state index >= 15 is 0 Å². The number of esters is 1. The standard InChI is InChI=1S/C17H14Cl2FNO4/c1-24-15-5-2-11(18)6-10(15)7-17(23)25-9-16(22)21-14-4-3-12(20)8-13(14)19/h2-6,8H,7,9H2,1H3,(H,21,22). The van der Waals surface area contributed by atoms with Crippen LogP contribution in [0.25, 0.3) is 0 Å². The zero-order valence-corrected chi connectivity index (χ0v) is 14.7. The van der Waals surface area contributed by atoms with Crippen LogP contribution in [0.15, 0.2) is 36.4 Å². The zero-order valence-electron chi connectivity index (χ0n) is 13.1. The minimum atomic E-state index is -0.624. The van der Waals surface area contributed by atoms with E-state index in [0.717, 1.165) is 12.1 Å². The normalized spacial score (nSPS) is 10.2. The second-order valence-electron chi connectivity index (χ2n) is 4.97. The highest BCUT2D eigenvalue weighted by Gasteiger charge is 2.13. The summed E-state index contributed by atoms with van der Waals surface area (Å²) in [6, 6.07) is 8.38. The molecule has 8 heteroatoms. The van der Waals surface area contributed by atoms with Crippen LogP contribution in [0.3, 0.4) is 0 Å². The van der Waals surface area contributed by atoms with Gasteiger partial charge in [0.15, 0.2) is 6.61 Å². The fraction of sp³-hybridized carbons (Fsp3) is 0.176. The summed E-state index contributed by atoms with van der Waals surface area (Å²) in [6.45, 7) is -0.505. The molecule has 0 aliphatic carbocycles. The van der Waals surface area contributed by atoms with Gasteiger partial charge < -0.3 is 14.8 Å². The van der Waals surface area contributed by atoms with Gasteiger partial charge in [0.1, 0.15) is 11.6 Å². The van der Waals surface area contributed by atoms with Crippen molar-refractivity contribution in [3.8, 4) is 5.75 Å². The largest absolute Gasteiger partial charge is 0.496 e. The second kappa shape index (κ2) is 8.69. The molecule has 0 saturated carbocycles. The minimum absolute atomic E-state index is 0.0448. The van der Waals surface area contributed by atoms with E-state index in [-0.39, 0.29) is 17.1 Å². The molecule has 0 heterocycles. The zero-order chi connectivity index (χ0) is 18.4. The highest BCUT2D eigenvalue weighted by Crippen LogP contribution is 2.24. The van der Waals surface area contributed by atoms with Crippen molar-refractivity contribution >= 4 is 40.8 Å². The quantitative estimate of drug-likeness (QED) is 0.766. The highest BCUT2D eigenvalue weighted by molar-refractivity contribution is 6.33. The van der Waals surface area contributed by atoms with Crippen LogP contribution in [0.4, 0.5) is 10.1 Å². The molecule has 0 unspecified atom stereocenters. The fourth-order valence-electron chi connectivity index (χ4n) is 2.02. The van der Waals surface area contributed by atoms with Crippen molar-refractivity contribution in [2.45, 2.75) is 6.42 Å². The van der Waals surface area contributed by atoms with Crippen LogP contribution >= 0.6 is 23.2 Å². The molecule has 0 bridgehead atoms. The molecular formula is C17H14Cl2FNO4. The SMILES string of the molecule is COc1ccc(Cl)cc1CC(=O)OCC(=O)Nc1ccc(F)cc1Cl. The summed E-state index contributed by atoms with van der Waals surface area (Å²) in [7, 11) is 1.47. The van der Waals surface area contributed by atoms with Crippen LogP contribution in [0.1, 0.15) is 5.56 Å². The van der Waals surface area contributed by atoms with E-state index in [9.17, 15) is 14.0 Å². The Morgan fingerprint density at radius 1 is 1.16 bits per heavy atom. The number of amides is 1. The maximum Gasteiger partial charge on any atom is 0.310 e. The predicted molar refractivity (Wildman–Crippen MR) is 92.7 cm³/mol. The Morgan fingerprint density at radius 2 is 1.92 bits per heavy atom. The highest BCUT2D eigenvalue weighted by atomic mass is 35.5. The van der Waals surface area contributed by atoms with Crippen LogP contribution in [0.2, 0.25) is 10.0 Å². The molecule has 0 atom stereocenters. The third-order valence-electron chi connectivity index (χ3n) is 3.15. The lowest BCUT2D eigenvalue weighted by molar-refractivity contribution is -0.146. The van der Waals surface area contributed by atoms with Crippen LogP contribution < -0.4 is 10.1 Å². The number of rotatable bonds is 6. The molecule has 0 aliphatic heterocycles. The molecule has 1 amide bonds. The molecule has 2 aromatic rings. The summed E-state index contributed by atoms with van der Waals surface area (Å²) >= 11 is 11.7. The molecule has 0 radical (unpaired) electrons. The summed E-state index contributed by atoms with van der Waals surface area (Å²) < 4.78 is 23.0. The summed E-state index contributed by atoms with van der Waals surface area (Å²) in [5.74, 6) is -1.25. The Morgan fingerprint density at radius 3 is 2.60 bits per heavy atom. The van der Waals surface area contributed by atoms with E-state index in [2.05, 4.69) is 5.32 Å². The molecule has 0 saturated heterocycles. The van der Waals surface area contributed by atoms with E-state index in [4.69, 9.17) is 32.7 Å². The molecule has 132 valence electrons. The summed E-state index contributed by atoms with van der Waals surface area (Å²) in [5.41, 5.74) is 0.766. The number of anilines is 1. The van der Waals surface area contributed by atoms with Gasteiger partial charge in [0.25, 0.3) is 5.91 Å². The van der Waals surface area contributed by atoms with Crippen molar-refractivity contribution in [1.82, 2.24) is 0 Å².